The Hall–Kier alpha value is -2.02. The van der Waals surface area contributed by atoms with Gasteiger partial charge in [-0.15, -0.1) is 10.2 Å². The number of rotatable bonds is 5. The largest absolute Gasteiger partial charge is 0.462 e. The number of hydrogen-bond acceptors (Lipinski definition) is 5. The molecule has 0 amide bonds. The van der Waals surface area contributed by atoms with Gasteiger partial charge in [0.2, 0.25) is 0 Å². The van der Waals surface area contributed by atoms with Gasteiger partial charge in [0.25, 0.3) is 0 Å². The average molecular weight is 434 g/mol. The van der Waals surface area contributed by atoms with E-state index in [0.29, 0.717) is 34.0 Å². The van der Waals surface area contributed by atoms with Crippen molar-refractivity contribution in [1.82, 2.24) is 14.8 Å². The van der Waals surface area contributed by atoms with E-state index in [1.807, 2.05) is 47.9 Å². The predicted octanol–water partition coefficient (Wildman–Crippen LogP) is 5.10. The van der Waals surface area contributed by atoms with Crippen LogP contribution < -0.4 is 0 Å². The van der Waals surface area contributed by atoms with E-state index in [1.165, 1.54) is 11.8 Å². The highest BCUT2D eigenvalue weighted by molar-refractivity contribution is 8.00. The Labute approximate surface area is 177 Å². The Morgan fingerprint density at radius 1 is 1.18 bits per heavy atom. The van der Waals surface area contributed by atoms with E-state index in [9.17, 15) is 4.79 Å². The molecule has 1 saturated heterocycles. The molecule has 0 unspecified atom stereocenters. The van der Waals surface area contributed by atoms with Crippen LogP contribution in [0.4, 0.5) is 0 Å². The minimum absolute atomic E-state index is 0.0827. The van der Waals surface area contributed by atoms with Crippen LogP contribution >= 0.6 is 35.0 Å². The van der Waals surface area contributed by atoms with Gasteiger partial charge in [-0.25, -0.2) is 0 Å². The zero-order valence-corrected chi connectivity index (χ0v) is 17.3. The number of thioether (sulfide) groups is 1. The second kappa shape index (κ2) is 8.15. The average Bonchev–Trinajstić information content (AvgIpc) is 3.19. The molecule has 4 rings (SSSR count). The molecule has 5 nitrogen and oxygen atoms in total. The first-order chi connectivity index (χ1) is 13.5. The van der Waals surface area contributed by atoms with Crippen molar-refractivity contribution in [2.75, 3.05) is 0 Å². The van der Waals surface area contributed by atoms with Crippen LogP contribution in [-0.2, 0) is 16.1 Å². The van der Waals surface area contributed by atoms with E-state index in [-0.39, 0.29) is 17.3 Å². The summed E-state index contributed by atoms with van der Waals surface area (Å²) in [6, 6.07) is 15.3. The van der Waals surface area contributed by atoms with Crippen LogP contribution in [0.3, 0.4) is 0 Å². The normalized spacial score (nSPS) is 19.0. The summed E-state index contributed by atoms with van der Waals surface area (Å²) in [5, 5.41) is 10.1. The van der Waals surface area contributed by atoms with E-state index < -0.39 is 0 Å². The number of halogens is 2. The lowest BCUT2D eigenvalue weighted by atomic mass is 10.2. The van der Waals surface area contributed by atoms with Crippen molar-refractivity contribution in [1.29, 1.82) is 0 Å². The van der Waals surface area contributed by atoms with Crippen molar-refractivity contribution < 1.29 is 9.53 Å². The number of carbonyl (C=O) groups excluding carboxylic acids is 1. The van der Waals surface area contributed by atoms with Gasteiger partial charge in [-0.2, -0.15) is 0 Å². The minimum atomic E-state index is -0.290. The van der Waals surface area contributed by atoms with Crippen molar-refractivity contribution in [3.8, 4) is 11.4 Å². The standard InChI is InChI=1S/C20H17Cl2N3O2S/c1-12-9-17(19(26)27-12)28-20-24-23-18(15-8-7-14(21)10-16(15)22)25(20)11-13-5-3-2-4-6-13/h2-8,10,12,17H,9,11H2,1H3/t12-,17+/m0/s1. The summed E-state index contributed by atoms with van der Waals surface area (Å²) in [6.45, 7) is 2.45. The summed E-state index contributed by atoms with van der Waals surface area (Å²) in [6.07, 6.45) is 0.569. The van der Waals surface area contributed by atoms with Crippen LogP contribution in [-0.4, -0.2) is 32.1 Å². The Bertz CT molecular complexity index is 1010. The zero-order chi connectivity index (χ0) is 19.7. The lowest BCUT2D eigenvalue weighted by Gasteiger charge is -2.12. The maximum atomic E-state index is 12.1. The number of hydrogen-bond donors (Lipinski definition) is 0. The highest BCUT2D eigenvalue weighted by Crippen LogP contribution is 2.35. The molecule has 0 saturated carbocycles. The summed E-state index contributed by atoms with van der Waals surface area (Å²) >= 11 is 13.8. The molecule has 0 spiro atoms. The minimum Gasteiger partial charge on any atom is -0.462 e. The lowest BCUT2D eigenvalue weighted by Crippen LogP contribution is -2.12. The van der Waals surface area contributed by atoms with Gasteiger partial charge in [-0.05, 0) is 30.7 Å². The molecule has 1 aromatic heterocycles. The van der Waals surface area contributed by atoms with Gasteiger partial charge in [0.15, 0.2) is 11.0 Å². The van der Waals surface area contributed by atoms with Crippen LogP contribution in [0.1, 0.15) is 18.9 Å². The molecular formula is C20H17Cl2N3O2S. The predicted molar refractivity (Wildman–Crippen MR) is 111 cm³/mol. The first kappa shape index (κ1) is 19.3. The second-order valence-electron chi connectivity index (χ2n) is 6.59. The number of benzene rings is 2. The lowest BCUT2D eigenvalue weighted by molar-refractivity contribution is -0.140. The Kier molecular flexibility index (Phi) is 5.62. The van der Waals surface area contributed by atoms with E-state index >= 15 is 0 Å². The van der Waals surface area contributed by atoms with Crippen molar-refractivity contribution in [2.24, 2.45) is 0 Å². The van der Waals surface area contributed by atoms with E-state index in [4.69, 9.17) is 27.9 Å². The third kappa shape index (κ3) is 4.04. The second-order valence-corrected chi connectivity index (χ2v) is 8.61. The van der Waals surface area contributed by atoms with Crippen LogP contribution in [0.2, 0.25) is 10.0 Å². The molecular weight excluding hydrogens is 417 g/mol. The molecule has 144 valence electrons. The Morgan fingerprint density at radius 3 is 2.64 bits per heavy atom. The number of aromatic nitrogens is 3. The summed E-state index contributed by atoms with van der Waals surface area (Å²) in [5.74, 6) is 0.422. The highest BCUT2D eigenvalue weighted by atomic mass is 35.5. The fourth-order valence-corrected chi connectivity index (χ4v) is 4.73. The molecule has 28 heavy (non-hydrogen) atoms. The third-order valence-corrected chi connectivity index (χ3v) is 6.18. The van der Waals surface area contributed by atoms with Crippen LogP contribution in [0.5, 0.6) is 0 Å². The molecule has 2 aromatic carbocycles. The topological polar surface area (TPSA) is 57.0 Å². The maximum absolute atomic E-state index is 12.1. The van der Waals surface area contributed by atoms with E-state index in [2.05, 4.69) is 10.2 Å². The quantitative estimate of drug-likeness (QED) is 0.524. The molecule has 0 N–H and O–H groups in total. The smallest absolute Gasteiger partial charge is 0.319 e. The summed E-state index contributed by atoms with van der Waals surface area (Å²) in [4.78, 5) is 12.1. The molecule has 1 fully saturated rings. The van der Waals surface area contributed by atoms with Gasteiger partial charge in [-0.3, -0.25) is 9.36 Å². The Morgan fingerprint density at radius 2 is 1.96 bits per heavy atom. The zero-order valence-electron chi connectivity index (χ0n) is 15.0. The molecule has 2 atom stereocenters. The van der Waals surface area contributed by atoms with Gasteiger partial charge in [-0.1, -0.05) is 65.3 Å². The fraction of sp³-hybridized carbons (Fsp3) is 0.250. The molecule has 0 bridgehead atoms. The molecule has 8 heteroatoms. The molecule has 3 aromatic rings. The van der Waals surface area contributed by atoms with Crippen molar-refractivity contribution in [3.05, 3.63) is 64.1 Å². The van der Waals surface area contributed by atoms with Crippen molar-refractivity contribution in [3.63, 3.8) is 0 Å². The Balaban J connectivity index is 1.74. The first-order valence-corrected chi connectivity index (χ1v) is 10.4. The summed E-state index contributed by atoms with van der Waals surface area (Å²) in [5.41, 5.74) is 1.83. The van der Waals surface area contributed by atoms with Gasteiger partial charge >= 0.3 is 5.97 Å². The fourth-order valence-electron chi connectivity index (χ4n) is 3.10. The van der Waals surface area contributed by atoms with Crippen molar-refractivity contribution in [2.45, 2.75) is 36.4 Å². The van der Waals surface area contributed by atoms with Crippen LogP contribution in [0, 0.1) is 0 Å². The first-order valence-electron chi connectivity index (χ1n) is 8.81. The number of ether oxygens (including phenoxy) is 1. The number of carbonyl (C=O) groups is 1. The van der Waals surface area contributed by atoms with Crippen molar-refractivity contribution >= 4 is 40.9 Å². The number of esters is 1. The van der Waals surface area contributed by atoms with E-state index in [0.717, 1.165) is 11.1 Å². The SMILES string of the molecule is C[C@H]1C[C@@H](Sc2nnc(-c3ccc(Cl)cc3Cl)n2Cc2ccccc2)C(=O)O1. The van der Waals surface area contributed by atoms with Gasteiger partial charge in [0.05, 0.1) is 11.6 Å². The summed E-state index contributed by atoms with van der Waals surface area (Å²) in [7, 11) is 0. The summed E-state index contributed by atoms with van der Waals surface area (Å²) < 4.78 is 7.25. The molecule has 1 aliphatic heterocycles. The monoisotopic (exact) mass is 433 g/mol. The van der Waals surface area contributed by atoms with Gasteiger partial charge in [0.1, 0.15) is 11.4 Å². The number of nitrogens with zero attached hydrogens (tertiary/aromatic N) is 3. The van der Waals surface area contributed by atoms with Crippen LogP contribution in [0.15, 0.2) is 53.7 Å². The van der Waals surface area contributed by atoms with E-state index in [1.54, 1.807) is 12.1 Å². The highest BCUT2D eigenvalue weighted by Gasteiger charge is 2.34. The van der Waals surface area contributed by atoms with Gasteiger partial charge < -0.3 is 4.74 Å². The number of cyclic esters (lactones) is 1. The molecule has 0 aliphatic carbocycles. The molecule has 2 heterocycles. The van der Waals surface area contributed by atoms with Gasteiger partial charge in [0, 0.05) is 17.0 Å². The third-order valence-electron chi connectivity index (χ3n) is 4.45. The maximum Gasteiger partial charge on any atom is 0.319 e. The van der Waals surface area contributed by atoms with Crippen LogP contribution in [0.25, 0.3) is 11.4 Å². The molecule has 0 radical (unpaired) electrons. The molecule has 1 aliphatic rings.